The fourth-order valence-corrected chi connectivity index (χ4v) is 0. The predicted octanol–water partition coefficient (Wildman–Crippen LogP) is 2.67. The lowest BCUT2D eigenvalue weighted by molar-refractivity contribution is 1.02. The zero-order valence-electron chi connectivity index (χ0n) is 8.16. The van der Waals surface area contributed by atoms with E-state index >= 15 is 0 Å². The molecule has 13 heavy (non-hydrogen) atoms. The van der Waals surface area contributed by atoms with Crippen LogP contribution in [0.5, 0.6) is 0 Å². The maximum atomic E-state index is 4.94. The van der Waals surface area contributed by atoms with Crippen molar-refractivity contribution in [1.29, 1.82) is 0 Å². The first-order valence-corrected chi connectivity index (χ1v) is 4.88. The van der Waals surface area contributed by atoms with Crippen molar-refractivity contribution in [2.75, 3.05) is 19.6 Å². The molecule has 0 aromatic heterocycles. The van der Waals surface area contributed by atoms with Gasteiger partial charge < -0.3 is 0 Å². The smallest absolute Gasteiger partial charge is 0.00793 e. The first kappa shape index (κ1) is 23.7. The van der Waals surface area contributed by atoms with Crippen LogP contribution in [0.1, 0.15) is 20.8 Å². The van der Waals surface area contributed by atoms with Crippen molar-refractivity contribution in [2.24, 2.45) is 0 Å². The molecule has 0 unspecified atom stereocenters. The Balaban J connectivity index is -0.0000000450. The van der Waals surface area contributed by atoms with Gasteiger partial charge in [0.1, 0.15) is 0 Å². The van der Waals surface area contributed by atoms with Crippen LogP contribution in [0.25, 0.3) is 0 Å². The summed E-state index contributed by atoms with van der Waals surface area (Å²) in [6, 6.07) is 0. The first-order chi connectivity index (χ1) is 5.74. The van der Waals surface area contributed by atoms with Gasteiger partial charge in [0.25, 0.3) is 0 Å². The average molecular weight is 275 g/mol. The molecule has 0 rings (SSSR count). The van der Waals surface area contributed by atoms with E-state index in [4.69, 9.17) is 35.3 Å². The summed E-state index contributed by atoms with van der Waals surface area (Å²) < 4.78 is 0. The fourth-order valence-electron chi connectivity index (χ4n) is 0. The summed E-state index contributed by atoms with van der Waals surface area (Å²) in [6.07, 6.45) is 0. The summed E-state index contributed by atoms with van der Waals surface area (Å²) in [6.45, 7) is 8.32. The second-order valence-corrected chi connectivity index (χ2v) is 2.26. The van der Waals surface area contributed by atoms with Crippen LogP contribution in [0.15, 0.2) is 0 Å². The highest BCUT2D eigenvalue weighted by atomic mass is 35.5. The summed E-state index contributed by atoms with van der Waals surface area (Å²) >= 11 is 14.8. The van der Waals surface area contributed by atoms with Crippen molar-refractivity contribution in [2.45, 2.75) is 20.8 Å². The Morgan fingerprint density at radius 1 is 0.692 bits per heavy atom. The molecule has 0 amide bonds. The fraction of sp³-hybridized carbons (Fsp3) is 1.00. The maximum absolute atomic E-state index is 4.94. The first-order valence-electron chi connectivity index (χ1n) is 3.75. The van der Waals surface area contributed by atoms with Gasteiger partial charge in [-0.15, -0.1) is 12.4 Å². The molecule has 86 valence electrons. The topological polar surface area (TPSA) is 36.1 Å². The van der Waals surface area contributed by atoms with Gasteiger partial charge in [0, 0.05) is 19.6 Å². The third-order valence-electron chi connectivity index (χ3n) is 0.401. The normalized spacial score (nSPS) is 6.92. The monoisotopic (exact) mass is 273 g/mol. The van der Waals surface area contributed by atoms with Crippen LogP contribution in [0.3, 0.4) is 0 Å². The van der Waals surface area contributed by atoms with E-state index in [9.17, 15) is 0 Å². The zero-order valence-corrected chi connectivity index (χ0v) is 11.2. The van der Waals surface area contributed by atoms with E-state index in [0.29, 0.717) is 0 Å². The summed E-state index contributed by atoms with van der Waals surface area (Å²) in [5, 5.41) is 0. The standard InChI is InChI=1S/3C2H6ClN.ClH/c3*1-2-4-3;/h3*4H,2H2,1H3;1H. The molecular formula is C6H19Cl4N3. The van der Waals surface area contributed by atoms with E-state index in [0.717, 1.165) is 19.6 Å². The lowest BCUT2D eigenvalue weighted by Gasteiger charge is -1.72. The van der Waals surface area contributed by atoms with E-state index in [2.05, 4.69) is 14.5 Å². The minimum absolute atomic E-state index is 0. The minimum Gasteiger partial charge on any atom is -0.234 e. The van der Waals surface area contributed by atoms with Crippen molar-refractivity contribution < 1.29 is 0 Å². The molecule has 0 spiro atoms. The van der Waals surface area contributed by atoms with Crippen LogP contribution >= 0.6 is 47.7 Å². The van der Waals surface area contributed by atoms with E-state index in [1.165, 1.54) is 0 Å². The Hall–Kier alpha value is 1.04. The second kappa shape index (κ2) is 38.1. The lowest BCUT2D eigenvalue weighted by atomic mass is 10.8. The molecular weight excluding hydrogens is 256 g/mol. The van der Waals surface area contributed by atoms with Crippen LogP contribution in [0.4, 0.5) is 0 Å². The van der Waals surface area contributed by atoms with Gasteiger partial charge in [-0.1, -0.05) is 20.8 Å². The highest BCUT2D eigenvalue weighted by Gasteiger charge is 1.54. The van der Waals surface area contributed by atoms with Gasteiger partial charge in [-0.2, -0.15) is 0 Å². The Kier molecular flexibility index (Phi) is 69.5. The Labute approximate surface area is 103 Å². The molecule has 0 fully saturated rings. The van der Waals surface area contributed by atoms with Crippen molar-refractivity contribution in [3.8, 4) is 0 Å². The molecule has 7 heteroatoms. The number of halogens is 4. The van der Waals surface area contributed by atoms with Crippen LogP contribution in [-0.4, -0.2) is 19.6 Å². The van der Waals surface area contributed by atoms with Crippen LogP contribution in [0, 0.1) is 0 Å². The van der Waals surface area contributed by atoms with Gasteiger partial charge in [-0.3, -0.25) is 0 Å². The molecule has 0 bridgehead atoms. The molecule has 0 aromatic rings. The van der Waals surface area contributed by atoms with E-state index in [-0.39, 0.29) is 12.4 Å². The summed E-state index contributed by atoms with van der Waals surface area (Å²) in [4.78, 5) is 7.21. The lowest BCUT2D eigenvalue weighted by Crippen LogP contribution is -1.91. The molecule has 3 nitrogen and oxygen atoms in total. The number of rotatable bonds is 3. The Bertz CT molecular complexity index is 35.4. The Morgan fingerprint density at radius 2 is 0.769 bits per heavy atom. The maximum Gasteiger partial charge on any atom is 0.00793 e. The third-order valence-corrected chi connectivity index (χ3v) is 1.20. The summed E-state index contributed by atoms with van der Waals surface area (Å²) in [5.74, 6) is 0. The largest absolute Gasteiger partial charge is 0.234 e. The molecule has 3 N–H and O–H groups in total. The SMILES string of the molecule is CCNCl.CCNCl.CCNCl.Cl. The number of hydrogen-bond donors (Lipinski definition) is 3. The van der Waals surface area contributed by atoms with Gasteiger partial charge in [0.2, 0.25) is 0 Å². The van der Waals surface area contributed by atoms with Gasteiger partial charge in [0.15, 0.2) is 0 Å². The van der Waals surface area contributed by atoms with E-state index in [1.54, 1.807) is 0 Å². The van der Waals surface area contributed by atoms with Crippen molar-refractivity contribution in [3.05, 3.63) is 0 Å². The molecule has 0 aliphatic rings. The van der Waals surface area contributed by atoms with Gasteiger partial charge >= 0.3 is 0 Å². The molecule has 0 saturated carbocycles. The quantitative estimate of drug-likeness (QED) is 0.693. The minimum atomic E-state index is 0. The summed E-state index contributed by atoms with van der Waals surface area (Å²) in [5.41, 5.74) is 0. The van der Waals surface area contributed by atoms with Crippen molar-refractivity contribution >= 4 is 47.7 Å². The van der Waals surface area contributed by atoms with Crippen LogP contribution in [-0.2, 0) is 0 Å². The molecule has 0 heterocycles. The molecule has 0 saturated heterocycles. The molecule has 0 radical (unpaired) electrons. The molecule has 0 aliphatic carbocycles. The van der Waals surface area contributed by atoms with Crippen LogP contribution in [0.2, 0.25) is 0 Å². The molecule has 0 atom stereocenters. The van der Waals surface area contributed by atoms with Gasteiger partial charge in [0.05, 0.1) is 0 Å². The number of nitrogens with one attached hydrogen (secondary N) is 3. The predicted molar refractivity (Wildman–Crippen MR) is 65.8 cm³/mol. The number of hydrogen-bond acceptors (Lipinski definition) is 3. The van der Waals surface area contributed by atoms with Crippen molar-refractivity contribution in [1.82, 2.24) is 14.5 Å². The highest BCUT2D eigenvalue weighted by Crippen LogP contribution is 1.52. The molecule has 0 aliphatic heterocycles. The second-order valence-electron chi connectivity index (χ2n) is 1.46. The third kappa shape index (κ3) is 97.4. The van der Waals surface area contributed by atoms with Gasteiger partial charge in [-0.05, 0) is 35.3 Å². The van der Waals surface area contributed by atoms with Crippen molar-refractivity contribution in [3.63, 3.8) is 0 Å². The average Bonchev–Trinajstić information content (AvgIpc) is 2.18. The Morgan fingerprint density at radius 3 is 0.769 bits per heavy atom. The molecule has 0 aromatic carbocycles. The summed E-state index contributed by atoms with van der Waals surface area (Å²) in [7, 11) is 0. The van der Waals surface area contributed by atoms with Crippen LogP contribution < -0.4 is 14.5 Å². The van der Waals surface area contributed by atoms with E-state index < -0.39 is 0 Å². The zero-order chi connectivity index (χ0) is 10.2. The highest BCUT2D eigenvalue weighted by molar-refractivity contribution is 6.13. The van der Waals surface area contributed by atoms with Gasteiger partial charge in [-0.25, -0.2) is 14.5 Å². The van der Waals surface area contributed by atoms with E-state index in [1.807, 2.05) is 20.8 Å².